The predicted octanol–water partition coefficient (Wildman–Crippen LogP) is 2.21. The molecule has 0 fully saturated rings. The third-order valence-corrected chi connectivity index (χ3v) is 4.42. The highest BCUT2D eigenvalue weighted by Crippen LogP contribution is 2.37. The lowest BCUT2D eigenvalue weighted by atomic mass is 9.94. The van der Waals surface area contributed by atoms with Crippen LogP contribution in [0.2, 0.25) is 0 Å². The van der Waals surface area contributed by atoms with Gasteiger partial charge in [0.2, 0.25) is 5.91 Å². The molecule has 0 saturated carbocycles. The summed E-state index contributed by atoms with van der Waals surface area (Å²) in [5, 5.41) is 3.29. The fourth-order valence-corrected chi connectivity index (χ4v) is 2.85. The Balaban J connectivity index is 2.42. The molecule has 4 heteroatoms. The minimum Gasteiger partial charge on any atom is -0.314 e. The van der Waals surface area contributed by atoms with Gasteiger partial charge in [-0.1, -0.05) is 6.07 Å². The monoisotopic (exact) mass is 250 g/mol. The first-order chi connectivity index (χ1) is 7.95. The van der Waals surface area contributed by atoms with E-state index in [4.69, 9.17) is 0 Å². The Bertz CT molecular complexity index is 457. The van der Waals surface area contributed by atoms with E-state index in [-0.39, 0.29) is 11.4 Å². The van der Waals surface area contributed by atoms with E-state index in [1.54, 1.807) is 16.7 Å². The number of thioether (sulfide) groups is 1. The molecule has 0 aromatic heterocycles. The third kappa shape index (κ3) is 2.19. The molecule has 1 amide bonds. The molecule has 1 N–H and O–H groups in total. The third-order valence-electron chi connectivity index (χ3n) is 3.39. The lowest BCUT2D eigenvalue weighted by Gasteiger charge is -2.29. The van der Waals surface area contributed by atoms with Crippen LogP contribution in [0.4, 0.5) is 5.69 Å². The fraction of sp³-hybridized carbons (Fsp3) is 0.462. The number of hydrogen-bond donors (Lipinski definition) is 1. The van der Waals surface area contributed by atoms with Crippen molar-refractivity contribution in [1.82, 2.24) is 5.32 Å². The highest BCUT2D eigenvalue weighted by molar-refractivity contribution is 8.00. The van der Waals surface area contributed by atoms with Crippen molar-refractivity contribution in [3.8, 4) is 0 Å². The Hall–Kier alpha value is -1.00. The highest BCUT2D eigenvalue weighted by Gasteiger charge is 2.24. The number of carbonyl (C=O) groups is 1. The van der Waals surface area contributed by atoms with Gasteiger partial charge in [-0.2, -0.15) is 0 Å². The highest BCUT2D eigenvalue weighted by atomic mass is 32.2. The van der Waals surface area contributed by atoms with Crippen molar-refractivity contribution in [2.45, 2.75) is 24.3 Å². The molecule has 2 rings (SSSR count). The summed E-state index contributed by atoms with van der Waals surface area (Å²) in [7, 11) is 3.80. The lowest BCUT2D eigenvalue weighted by molar-refractivity contribution is -0.116. The van der Waals surface area contributed by atoms with Gasteiger partial charge in [-0.3, -0.25) is 4.79 Å². The van der Waals surface area contributed by atoms with Gasteiger partial charge in [0.05, 0.1) is 11.4 Å². The van der Waals surface area contributed by atoms with Crippen LogP contribution in [-0.4, -0.2) is 25.8 Å². The molecule has 1 aromatic rings. The summed E-state index contributed by atoms with van der Waals surface area (Å²) in [6.45, 7) is 4.30. The lowest BCUT2D eigenvalue weighted by Crippen LogP contribution is -2.34. The molecular weight excluding hydrogens is 232 g/mol. The standard InChI is InChI=1S/C13H18N2OS/c1-13(2,14-3)9-5-6-10-11(7-9)17-8-12(16)15(10)4/h5-7,14H,8H2,1-4H3. The van der Waals surface area contributed by atoms with Gasteiger partial charge in [0.1, 0.15) is 0 Å². The van der Waals surface area contributed by atoms with Crippen molar-refractivity contribution in [2.24, 2.45) is 0 Å². The zero-order valence-corrected chi connectivity index (χ0v) is 11.5. The number of rotatable bonds is 2. The van der Waals surface area contributed by atoms with Crippen LogP contribution in [0, 0.1) is 0 Å². The first-order valence-corrected chi connectivity index (χ1v) is 6.67. The molecule has 0 saturated heterocycles. The molecule has 0 spiro atoms. The number of anilines is 1. The number of amides is 1. The van der Waals surface area contributed by atoms with Gasteiger partial charge in [-0.15, -0.1) is 11.8 Å². The van der Waals surface area contributed by atoms with Crippen molar-refractivity contribution in [2.75, 3.05) is 24.7 Å². The molecule has 0 bridgehead atoms. The topological polar surface area (TPSA) is 32.3 Å². The van der Waals surface area contributed by atoms with Crippen LogP contribution in [0.5, 0.6) is 0 Å². The van der Waals surface area contributed by atoms with Crippen LogP contribution in [0.3, 0.4) is 0 Å². The number of fused-ring (bicyclic) bond motifs is 1. The van der Waals surface area contributed by atoms with Gasteiger partial charge in [-0.05, 0) is 38.6 Å². The zero-order valence-electron chi connectivity index (χ0n) is 10.7. The SMILES string of the molecule is CNC(C)(C)c1ccc2c(c1)SCC(=O)N2C. The van der Waals surface area contributed by atoms with Gasteiger partial charge >= 0.3 is 0 Å². The first kappa shape index (κ1) is 12.5. The van der Waals surface area contributed by atoms with Crippen molar-refractivity contribution in [1.29, 1.82) is 0 Å². The van der Waals surface area contributed by atoms with Crippen LogP contribution in [-0.2, 0) is 10.3 Å². The van der Waals surface area contributed by atoms with Crippen molar-refractivity contribution in [3.05, 3.63) is 23.8 Å². The van der Waals surface area contributed by atoms with Crippen LogP contribution in [0.1, 0.15) is 19.4 Å². The van der Waals surface area contributed by atoms with E-state index < -0.39 is 0 Å². The molecule has 0 radical (unpaired) electrons. The second-order valence-electron chi connectivity index (χ2n) is 4.80. The van der Waals surface area contributed by atoms with Gasteiger partial charge in [0, 0.05) is 17.5 Å². The number of hydrogen-bond acceptors (Lipinski definition) is 3. The zero-order chi connectivity index (χ0) is 12.6. The average Bonchev–Trinajstić information content (AvgIpc) is 2.33. The Morgan fingerprint density at radius 3 is 2.76 bits per heavy atom. The molecule has 17 heavy (non-hydrogen) atoms. The quantitative estimate of drug-likeness (QED) is 0.873. The smallest absolute Gasteiger partial charge is 0.237 e. The number of nitrogens with one attached hydrogen (secondary N) is 1. The molecule has 1 aliphatic heterocycles. The van der Waals surface area contributed by atoms with Crippen molar-refractivity contribution in [3.63, 3.8) is 0 Å². The molecule has 0 unspecified atom stereocenters. The second-order valence-corrected chi connectivity index (χ2v) is 5.82. The summed E-state index contributed by atoms with van der Waals surface area (Å²) >= 11 is 1.62. The maximum atomic E-state index is 11.6. The summed E-state index contributed by atoms with van der Waals surface area (Å²) in [6.07, 6.45) is 0. The molecule has 0 atom stereocenters. The summed E-state index contributed by atoms with van der Waals surface area (Å²) < 4.78 is 0. The van der Waals surface area contributed by atoms with E-state index in [1.165, 1.54) is 10.5 Å². The number of benzene rings is 1. The van der Waals surface area contributed by atoms with E-state index in [2.05, 4.69) is 31.3 Å². The van der Waals surface area contributed by atoms with E-state index >= 15 is 0 Å². The van der Waals surface area contributed by atoms with Gasteiger partial charge in [0.25, 0.3) is 0 Å². The molecule has 1 aliphatic rings. The summed E-state index contributed by atoms with van der Waals surface area (Å²) in [4.78, 5) is 14.5. The minimum atomic E-state index is -0.0460. The average molecular weight is 250 g/mol. The minimum absolute atomic E-state index is 0.0460. The Kier molecular flexibility index (Phi) is 3.19. The van der Waals surface area contributed by atoms with Crippen molar-refractivity contribution < 1.29 is 4.79 Å². The molecule has 92 valence electrons. The van der Waals surface area contributed by atoms with Crippen LogP contribution in [0.15, 0.2) is 23.1 Å². The van der Waals surface area contributed by atoms with E-state index in [9.17, 15) is 4.79 Å². The molecule has 3 nitrogen and oxygen atoms in total. The summed E-state index contributed by atoms with van der Waals surface area (Å²) in [5.41, 5.74) is 2.21. The maximum absolute atomic E-state index is 11.6. The van der Waals surface area contributed by atoms with Crippen LogP contribution < -0.4 is 10.2 Å². The summed E-state index contributed by atoms with van der Waals surface area (Å²) in [6, 6.07) is 6.30. The Morgan fingerprint density at radius 2 is 2.12 bits per heavy atom. The van der Waals surface area contributed by atoms with Gasteiger partial charge in [0.15, 0.2) is 0 Å². The first-order valence-electron chi connectivity index (χ1n) is 5.68. The Labute approximate surface area is 107 Å². The van der Waals surface area contributed by atoms with Crippen LogP contribution in [0.25, 0.3) is 0 Å². The van der Waals surface area contributed by atoms with Crippen LogP contribution >= 0.6 is 11.8 Å². The number of carbonyl (C=O) groups excluding carboxylic acids is 1. The van der Waals surface area contributed by atoms with E-state index in [0.29, 0.717) is 5.75 Å². The normalized spacial score (nSPS) is 16.0. The van der Waals surface area contributed by atoms with E-state index in [1.807, 2.05) is 20.2 Å². The fourth-order valence-electron chi connectivity index (χ4n) is 1.81. The van der Waals surface area contributed by atoms with Crippen molar-refractivity contribution >= 4 is 23.4 Å². The molecule has 0 aliphatic carbocycles. The predicted molar refractivity (Wildman–Crippen MR) is 72.7 cm³/mol. The maximum Gasteiger partial charge on any atom is 0.237 e. The molecular formula is C13H18N2OS. The van der Waals surface area contributed by atoms with Gasteiger partial charge in [-0.25, -0.2) is 0 Å². The van der Waals surface area contributed by atoms with E-state index in [0.717, 1.165) is 5.69 Å². The van der Waals surface area contributed by atoms with Gasteiger partial charge < -0.3 is 10.2 Å². The number of nitrogens with zero attached hydrogens (tertiary/aromatic N) is 1. The largest absolute Gasteiger partial charge is 0.314 e. The molecule has 1 aromatic carbocycles. The summed E-state index contributed by atoms with van der Waals surface area (Å²) in [5.74, 6) is 0.704. The molecule has 1 heterocycles. The second kappa shape index (κ2) is 4.35. The Morgan fingerprint density at radius 1 is 1.41 bits per heavy atom.